The van der Waals surface area contributed by atoms with Gasteiger partial charge in [0.2, 0.25) is 0 Å². The van der Waals surface area contributed by atoms with Gasteiger partial charge < -0.3 is 4.74 Å². The maximum Gasteiger partial charge on any atom is 0.127 e. The van der Waals surface area contributed by atoms with Crippen LogP contribution in [0.25, 0.3) is 71.8 Å². The number of hydrogen-bond donors (Lipinski definition) is 0. The summed E-state index contributed by atoms with van der Waals surface area (Å²) in [7, 11) is 0. The molecule has 8 aromatic carbocycles. The van der Waals surface area contributed by atoms with Crippen molar-refractivity contribution in [3.63, 3.8) is 0 Å². The Kier molecular flexibility index (Phi) is 6.71. The SMILES string of the molecule is CC1(C)c2cc(C3=CCC(c4ccc5c(c4)C(C)(C)c4cc(-c6ccccc6)c6ccccc6c4-5)O3)ccc2-c2cc3c(cc21)-c1c(ccc2ccccc12)C3(C)C. The van der Waals surface area contributed by atoms with Crippen LogP contribution < -0.4 is 0 Å². The molecule has 0 aromatic heterocycles. The molecular formula is C57H46O. The molecule has 3 aliphatic carbocycles. The first-order valence-electron chi connectivity index (χ1n) is 21.0. The van der Waals surface area contributed by atoms with Crippen LogP contribution in [0.15, 0.2) is 152 Å². The molecule has 12 rings (SSSR count). The molecule has 0 fully saturated rings. The molecule has 1 unspecified atom stereocenters. The number of ether oxygens (including phenoxy) is 1. The third-order valence-corrected chi connectivity index (χ3v) is 14.6. The molecule has 58 heavy (non-hydrogen) atoms. The van der Waals surface area contributed by atoms with Crippen molar-refractivity contribution in [2.45, 2.75) is 70.3 Å². The molecule has 0 saturated carbocycles. The van der Waals surface area contributed by atoms with E-state index in [1.807, 2.05) is 0 Å². The predicted molar refractivity (Wildman–Crippen MR) is 242 cm³/mol. The Hall–Kier alpha value is -6.18. The lowest BCUT2D eigenvalue weighted by atomic mass is 9.79. The highest BCUT2D eigenvalue weighted by atomic mass is 16.5. The Bertz CT molecular complexity index is 3130. The molecule has 0 saturated heterocycles. The van der Waals surface area contributed by atoms with E-state index < -0.39 is 0 Å². The molecule has 0 bridgehead atoms. The van der Waals surface area contributed by atoms with Gasteiger partial charge in [0, 0.05) is 28.2 Å². The number of hydrogen-bond acceptors (Lipinski definition) is 1. The molecular weight excluding hydrogens is 701 g/mol. The van der Waals surface area contributed by atoms with Gasteiger partial charge >= 0.3 is 0 Å². The third-order valence-electron chi connectivity index (χ3n) is 14.6. The van der Waals surface area contributed by atoms with Crippen LogP contribution >= 0.6 is 0 Å². The fraction of sp³-hybridized carbons (Fsp3) is 0.193. The molecule has 8 aromatic rings. The Morgan fingerprint density at radius 2 is 1.02 bits per heavy atom. The minimum absolute atomic E-state index is 0.0185. The summed E-state index contributed by atoms with van der Waals surface area (Å²) in [5.41, 5.74) is 21.3. The van der Waals surface area contributed by atoms with Gasteiger partial charge in [0.15, 0.2) is 0 Å². The Morgan fingerprint density at radius 1 is 0.414 bits per heavy atom. The van der Waals surface area contributed by atoms with Gasteiger partial charge in [-0.15, -0.1) is 0 Å². The monoisotopic (exact) mass is 746 g/mol. The highest BCUT2D eigenvalue weighted by molar-refractivity contribution is 6.09. The zero-order chi connectivity index (χ0) is 39.3. The lowest BCUT2D eigenvalue weighted by Gasteiger charge is -2.24. The molecule has 280 valence electrons. The van der Waals surface area contributed by atoms with E-state index in [0.29, 0.717) is 0 Å². The first kappa shape index (κ1) is 33.9. The molecule has 1 nitrogen and oxygen atoms in total. The van der Waals surface area contributed by atoms with Crippen LogP contribution in [0.4, 0.5) is 0 Å². The van der Waals surface area contributed by atoms with Crippen LogP contribution in [0.5, 0.6) is 0 Å². The normalized spacial score (nSPS) is 18.2. The van der Waals surface area contributed by atoms with E-state index >= 15 is 0 Å². The van der Waals surface area contributed by atoms with E-state index in [-0.39, 0.29) is 22.3 Å². The zero-order valence-electron chi connectivity index (χ0n) is 34.1. The summed E-state index contributed by atoms with van der Waals surface area (Å²) < 4.78 is 6.92. The summed E-state index contributed by atoms with van der Waals surface area (Å²) in [4.78, 5) is 0. The summed E-state index contributed by atoms with van der Waals surface area (Å²) in [6, 6.07) is 55.0. The van der Waals surface area contributed by atoms with E-state index in [2.05, 4.69) is 193 Å². The topological polar surface area (TPSA) is 9.23 Å². The molecule has 1 atom stereocenters. The van der Waals surface area contributed by atoms with Crippen LogP contribution in [0.2, 0.25) is 0 Å². The summed E-state index contributed by atoms with van der Waals surface area (Å²) in [6.45, 7) is 14.4. The highest BCUT2D eigenvalue weighted by Gasteiger charge is 2.43. The lowest BCUT2D eigenvalue weighted by molar-refractivity contribution is 0.194. The summed E-state index contributed by atoms with van der Waals surface area (Å²) in [5, 5.41) is 5.29. The number of benzene rings is 8. The van der Waals surface area contributed by atoms with Gasteiger partial charge in [-0.05, 0) is 135 Å². The lowest BCUT2D eigenvalue weighted by Crippen LogP contribution is -2.17. The fourth-order valence-electron chi connectivity index (χ4n) is 11.4. The molecule has 1 aliphatic heterocycles. The van der Waals surface area contributed by atoms with E-state index in [1.165, 1.54) is 111 Å². The quantitative estimate of drug-likeness (QED) is 0.175. The van der Waals surface area contributed by atoms with E-state index in [4.69, 9.17) is 4.74 Å². The first-order valence-corrected chi connectivity index (χ1v) is 21.0. The van der Waals surface area contributed by atoms with Crippen molar-refractivity contribution in [1.29, 1.82) is 0 Å². The number of rotatable bonds is 3. The minimum Gasteiger partial charge on any atom is -0.485 e. The third kappa shape index (κ3) is 4.42. The maximum absolute atomic E-state index is 6.92. The molecule has 0 N–H and O–H groups in total. The molecule has 0 amide bonds. The molecule has 0 radical (unpaired) electrons. The Balaban J connectivity index is 0.874. The minimum atomic E-state index is -0.145. The van der Waals surface area contributed by atoms with E-state index in [0.717, 1.165) is 12.2 Å². The molecule has 4 aliphatic rings. The summed E-state index contributed by atoms with van der Waals surface area (Å²) in [6.07, 6.45) is 3.15. The standard InChI is InChI=1S/C57H46O/c1-55(2)45-25-22-34-16-10-11-17-37(34)53(45)44-32-48-43(31-49(44)55)39-23-20-35(28-46(39)56(48,3)4)51-26-27-52(58-51)36-21-24-41-47(29-36)57(5,6)50-30-42(33-14-8-7-9-15-33)38-18-12-13-19-40(38)54(41)50/h7-26,28-32,52H,27H2,1-6H3. The van der Waals surface area contributed by atoms with Gasteiger partial charge in [0.1, 0.15) is 11.9 Å². The van der Waals surface area contributed by atoms with Gasteiger partial charge in [0.05, 0.1) is 0 Å². The van der Waals surface area contributed by atoms with E-state index in [9.17, 15) is 0 Å². The fourth-order valence-corrected chi connectivity index (χ4v) is 11.4. The van der Waals surface area contributed by atoms with Crippen molar-refractivity contribution in [3.05, 3.63) is 196 Å². The van der Waals surface area contributed by atoms with Crippen LogP contribution in [-0.2, 0) is 21.0 Å². The van der Waals surface area contributed by atoms with Crippen molar-refractivity contribution in [1.82, 2.24) is 0 Å². The average Bonchev–Trinajstić information content (AvgIpc) is 3.95. The molecule has 0 spiro atoms. The molecule has 1 heteroatoms. The van der Waals surface area contributed by atoms with Crippen molar-refractivity contribution < 1.29 is 4.74 Å². The second-order valence-electron chi connectivity index (χ2n) is 18.8. The zero-order valence-corrected chi connectivity index (χ0v) is 34.1. The second kappa shape index (κ2) is 11.5. The highest BCUT2D eigenvalue weighted by Crippen LogP contribution is 2.58. The van der Waals surface area contributed by atoms with Crippen molar-refractivity contribution >= 4 is 27.3 Å². The molecule has 1 heterocycles. The predicted octanol–water partition coefficient (Wildman–Crippen LogP) is 15.1. The van der Waals surface area contributed by atoms with Gasteiger partial charge in [-0.2, -0.15) is 0 Å². The second-order valence-corrected chi connectivity index (χ2v) is 18.8. The first-order chi connectivity index (χ1) is 28.0. The van der Waals surface area contributed by atoms with Gasteiger partial charge in [-0.1, -0.05) is 163 Å². The van der Waals surface area contributed by atoms with Crippen LogP contribution in [-0.4, -0.2) is 0 Å². The number of fused-ring (bicyclic) bond motifs is 13. The van der Waals surface area contributed by atoms with Gasteiger partial charge in [0.25, 0.3) is 0 Å². The van der Waals surface area contributed by atoms with Crippen molar-refractivity contribution in [3.8, 4) is 44.5 Å². The van der Waals surface area contributed by atoms with Crippen LogP contribution in [0, 0.1) is 0 Å². The average molecular weight is 747 g/mol. The van der Waals surface area contributed by atoms with Gasteiger partial charge in [-0.3, -0.25) is 0 Å². The Labute approximate surface area is 341 Å². The summed E-state index contributed by atoms with van der Waals surface area (Å²) in [5.74, 6) is 0.991. The van der Waals surface area contributed by atoms with Gasteiger partial charge in [-0.25, -0.2) is 0 Å². The smallest absolute Gasteiger partial charge is 0.127 e. The van der Waals surface area contributed by atoms with Crippen LogP contribution in [0.3, 0.4) is 0 Å². The van der Waals surface area contributed by atoms with E-state index in [1.54, 1.807) is 0 Å². The summed E-state index contributed by atoms with van der Waals surface area (Å²) >= 11 is 0. The Morgan fingerprint density at radius 3 is 1.84 bits per heavy atom. The maximum atomic E-state index is 6.92. The van der Waals surface area contributed by atoms with Crippen molar-refractivity contribution in [2.24, 2.45) is 0 Å². The largest absolute Gasteiger partial charge is 0.485 e. The van der Waals surface area contributed by atoms with Crippen LogP contribution in [0.1, 0.15) is 98.6 Å². The van der Waals surface area contributed by atoms with Crippen molar-refractivity contribution in [2.75, 3.05) is 0 Å².